The summed E-state index contributed by atoms with van der Waals surface area (Å²) in [4.78, 5) is 12.4. The van der Waals surface area contributed by atoms with E-state index in [1.807, 2.05) is 43.9 Å². The van der Waals surface area contributed by atoms with Gasteiger partial charge in [-0.15, -0.1) is 0 Å². The SMILES string of the molecule is CCN1/C(=C/C=C/C=C/C=C/C2=[N+](CCCCCC(=O)O)c3ccc(S(=O)(=O)[O-])cc3C2(C)CCOCCOCCOCCOCCOCCOC)C(C)(CCCS(=O)(=O)[O-])c2cc(S(=O)(=O)[O-])ccc21. The zero-order valence-electron chi connectivity index (χ0n) is 41.0. The number of ether oxygens (including phenoxy) is 6. The first kappa shape index (κ1) is 59.4. The minimum Gasteiger partial charge on any atom is -0.748 e. The monoisotopic (exact) mass is 1050 g/mol. The predicted molar refractivity (Wildman–Crippen MR) is 262 cm³/mol. The molecule has 22 heteroatoms. The summed E-state index contributed by atoms with van der Waals surface area (Å²) in [5, 5.41) is 9.20. The number of rotatable bonds is 35. The number of hydrogen-bond donors (Lipinski definition) is 1. The van der Waals surface area contributed by atoms with E-state index >= 15 is 0 Å². The molecular weight excluding hydrogens is 985 g/mol. The van der Waals surface area contributed by atoms with Crippen LogP contribution in [-0.2, 0) is 74.4 Å². The number of allylic oxidation sites excluding steroid dienone is 8. The smallest absolute Gasteiger partial charge is 0.303 e. The van der Waals surface area contributed by atoms with Gasteiger partial charge in [-0.05, 0) is 94.8 Å². The Hall–Kier alpha value is -4.17. The highest BCUT2D eigenvalue weighted by molar-refractivity contribution is 7.86. The van der Waals surface area contributed by atoms with Crippen molar-refractivity contribution in [1.82, 2.24) is 0 Å². The number of likely N-dealkylation sites (N-methyl/N-ethyl adjacent to an activating group) is 1. The van der Waals surface area contributed by atoms with Crippen molar-refractivity contribution in [3.05, 3.63) is 95.8 Å². The van der Waals surface area contributed by atoms with E-state index in [0.717, 1.165) is 5.71 Å². The van der Waals surface area contributed by atoms with E-state index in [1.54, 1.807) is 43.5 Å². The lowest BCUT2D eigenvalue weighted by Gasteiger charge is -2.30. The fourth-order valence-electron chi connectivity index (χ4n) is 8.69. The van der Waals surface area contributed by atoms with Crippen LogP contribution < -0.4 is 4.90 Å². The molecule has 0 aromatic heterocycles. The van der Waals surface area contributed by atoms with Gasteiger partial charge in [0.05, 0.1) is 91.4 Å². The minimum atomic E-state index is -4.80. The summed E-state index contributed by atoms with van der Waals surface area (Å²) < 4.78 is 143. The molecule has 0 saturated heterocycles. The third-order valence-electron chi connectivity index (χ3n) is 12.3. The second-order valence-corrected chi connectivity index (χ2v) is 21.5. The molecule has 19 nitrogen and oxygen atoms in total. The largest absolute Gasteiger partial charge is 0.748 e. The maximum absolute atomic E-state index is 12.3. The molecule has 1 N–H and O–H groups in total. The molecule has 2 aliphatic heterocycles. The summed E-state index contributed by atoms with van der Waals surface area (Å²) in [6, 6.07) is 8.44. The van der Waals surface area contributed by atoms with Gasteiger partial charge >= 0.3 is 5.97 Å². The first-order chi connectivity index (χ1) is 33.7. The van der Waals surface area contributed by atoms with Crippen molar-refractivity contribution in [2.45, 2.75) is 86.3 Å². The third kappa shape index (κ3) is 18.1. The fourth-order valence-corrected chi connectivity index (χ4v) is 10.2. The maximum atomic E-state index is 12.3. The molecule has 0 aliphatic carbocycles. The molecule has 4 rings (SSSR count). The number of unbranched alkanes of at least 4 members (excludes halogenated alkanes) is 2. The lowest BCUT2D eigenvalue weighted by molar-refractivity contribution is -0.438. The second-order valence-electron chi connectivity index (χ2n) is 17.3. The first-order valence-corrected chi connectivity index (χ1v) is 28.0. The van der Waals surface area contributed by atoms with Crippen LogP contribution in [0.2, 0.25) is 0 Å². The van der Waals surface area contributed by atoms with E-state index in [1.165, 1.54) is 24.3 Å². The molecule has 0 saturated carbocycles. The average molecular weight is 1050 g/mol. The lowest BCUT2D eigenvalue weighted by atomic mass is 9.76. The summed E-state index contributed by atoms with van der Waals surface area (Å²) in [6.45, 7) is 11.0. The van der Waals surface area contributed by atoms with E-state index in [9.17, 15) is 48.8 Å². The highest BCUT2D eigenvalue weighted by atomic mass is 32.2. The molecule has 0 fully saturated rings. The molecule has 396 valence electrons. The molecule has 0 amide bonds. The number of benzene rings is 2. The van der Waals surface area contributed by atoms with E-state index in [-0.39, 0.29) is 37.4 Å². The van der Waals surface area contributed by atoms with Crippen LogP contribution in [0.1, 0.15) is 76.8 Å². The molecule has 0 spiro atoms. The zero-order chi connectivity index (χ0) is 52.1. The van der Waals surface area contributed by atoms with Gasteiger partial charge in [0.1, 0.15) is 26.8 Å². The molecule has 2 aromatic rings. The van der Waals surface area contributed by atoms with Gasteiger partial charge in [-0.25, -0.2) is 25.3 Å². The molecule has 0 radical (unpaired) electrons. The molecule has 0 bridgehead atoms. The Labute approximate surface area is 419 Å². The average Bonchev–Trinajstić information content (AvgIpc) is 3.67. The number of carbonyl (C=O) groups is 1. The van der Waals surface area contributed by atoms with Crippen molar-refractivity contribution in [3.8, 4) is 0 Å². The minimum absolute atomic E-state index is 0.00356. The van der Waals surface area contributed by atoms with E-state index in [4.69, 9.17) is 28.4 Å². The standard InChI is InChI=1S/C49H70N2O17S3/c1-5-50-43-20-18-39(70(57,58)59)37-41(43)48(2,22-14-36-69(54,55)56)45(50)15-10-7-6-8-11-16-46-49(3,23-25-64-28-29-66-32-33-68-35-34-67-31-30-65-27-26-63-4)42-38-40(71(60,61)62)19-21-44(42)51(46)24-13-9-12-17-47(52)53/h6-8,10-11,15-16,18-21,37-38H,5,9,12-14,17,22-36H2,1-4H3,(H3-,52,53,54,55,56,57,58,59,60,61,62)/p-2. The molecule has 2 atom stereocenters. The van der Waals surface area contributed by atoms with Crippen LogP contribution in [0.15, 0.2) is 94.4 Å². The maximum Gasteiger partial charge on any atom is 0.303 e. The van der Waals surface area contributed by atoms with Gasteiger partial charge in [0, 0.05) is 73.4 Å². The van der Waals surface area contributed by atoms with Crippen LogP contribution in [0.25, 0.3) is 0 Å². The van der Waals surface area contributed by atoms with E-state index in [2.05, 4.69) is 4.58 Å². The van der Waals surface area contributed by atoms with Crippen LogP contribution in [0.3, 0.4) is 0 Å². The number of carboxylic acid groups (broad SMARTS) is 1. The first-order valence-electron chi connectivity index (χ1n) is 23.6. The van der Waals surface area contributed by atoms with Crippen molar-refractivity contribution >= 4 is 53.4 Å². The van der Waals surface area contributed by atoms with Crippen molar-refractivity contribution in [1.29, 1.82) is 0 Å². The summed E-state index contributed by atoms with van der Waals surface area (Å²) in [7, 11) is -12.5. The Morgan fingerprint density at radius 2 is 1.20 bits per heavy atom. The number of aliphatic carboxylic acids is 1. The fraction of sp³-hybridized carbons (Fsp3) is 0.551. The Balaban J connectivity index is 1.52. The lowest BCUT2D eigenvalue weighted by Crippen LogP contribution is -2.33. The van der Waals surface area contributed by atoms with Gasteiger partial charge in [0.25, 0.3) is 0 Å². The van der Waals surface area contributed by atoms with Crippen molar-refractivity contribution < 1.29 is 81.8 Å². The molecule has 2 aromatic carbocycles. The second kappa shape index (κ2) is 28.3. The van der Waals surface area contributed by atoms with Gasteiger partial charge in [0.15, 0.2) is 5.71 Å². The van der Waals surface area contributed by atoms with Gasteiger partial charge < -0.3 is 52.1 Å². The molecular formula is C49H68N2O17S3-2. The number of anilines is 1. The van der Waals surface area contributed by atoms with Crippen LogP contribution >= 0.6 is 0 Å². The van der Waals surface area contributed by atoms with Crippen LogP contribution in [0.4, 0.5) is 11.4 Å². The number of hydrogen-bond acceptors (Lipinski definition) is 17. The summed E-state index contributed by atoms with van der Waals surface area (Å²) >= 11 is 0. The Morgan fingerprint density at radius 1 is 0.662 bits per heavy atom. The normalized spacial score (nSPS) is 19.1. The highest BCUT2D eigenvalue weighted by Gasteiger charge is 2.48. The molecule has 71 heavy (non-hydrogen) atoms. The Kier molecular flexibility index (Phi) is 23.7. The topological polar surface area (TPSA) is 271 Å². The summed E-state index contributed by atoms with van der Waals surface area (Å²) in [5.41, 5.74) is 2.25. The van der Waals surface area contributed by atoms with Crippen LogP contribution in [0, 0.1) is 0 Å². The van der Waals surface area contributed by atoms with E-state index in [0.29, 0.717) is 126 Å². The van der Waals surface area contributed by atoms with E-state index < -0.39 is 57.8 Å². The zero-order valence-corrected chi connectivity index (χ0v) is 43.4. The van der Waals surface area contributed by atoms with Crippen molar-refractivity contribution in [2.75, 3.05) is 104 Å². The molecule has 2 heterocycles. The number of nitrogens with zero attached hydrogens (tertiary/aromatic N) is 2. The van der Waals surface area contributed by atoms with Crippen LogP contribution in [0.5, 0.6) is 0 Å². The van der Waals surface area contributed by atoms with Crippen LogP contribution in [-0.4, -0.2) is 159 Å². The Morgan fingerprint density at radius 3 is 1.75 bits per heavy atom. The van der Waals surface area contributed by atoms with Gasteiger partial charge in [0.2, 0.25) is 5.69 Å². The number of carboxylic acids is 1. The van der Waals surface area contributed by atoms with Gasteiger partial charge in [-0.1, -0.05) is 30.4 Å². The predicted octanol–water partition coefficient (Wildman–Crippen LogP) is 5.29. The van der Waals surface area contributed by atoms with Gasteiger partial charge in [-0.3, -0.25) is 4.79 Å². The number of methoxy groups -OCH3 is 1. The van der Waals surface area contributed by atoms with Crippen molar-refractivity contribution in [2.24, 2.45) is 0 Å². The summed E-state index contributed by atoms with van der Waals surface area (Å²) in [5.74, 6) is -1.50. The van der Waals surface area contributed by atoms with Crippen molar-refractivity contribution in [3.63, 3.8) is 0 Å². The molecule has 2 aliphatic rings. The third-order valence-corrected chi connectivity index (χ3v) is 14.7. The summed E-state index contributed by atoms with van der Waals surface area (Å²) in [6.07, 6.45) is 15.0. The number of fused-ring (bicyclic) bond motifs is 2. The quantitative estimate of drug-likeness (QED) is 0.0397. The highest BCUT2D eigenvalue weighted by Crippen LogP contribution is 2.51. The molecule has 2 unspecified atom stereocenters. The Bertz CT molecular complexity index is 2580. The van der Waals surface area contributed by atoms with Gasteiger partial charge in [-0.2, -0.15) is 4.58 Å².